The molecule has 0 bridgehead atoms. The zero-order chi connectivity index (χ0) is 21.7. The van der Waals surface area contributed by atoms with Crippen molar-refractivity contribution < 1.29 is 14.3 Å². The molecule has 0 fully saturated rings. The molecule has 1 heterocycles. The van der Waals surface area contributed by atoms with E-state index in [4.69, 9.17) is 33.7 Å². The second-order valence-electron chi connectivity index (χ2n) is 6.02. The van der Waals surface area contributed by atoms with E-state index in [0.717, 1.165) is 21.7 Å². The number of nitrogens with two attached hydrogens (primary N) is 1. The normalized spacial score (nSPS) is 11.5. The fraction of sp³-hybridized carbons (Fsp3) is 0.158. The van der Waals surface area contributed by atoms with E-state index in [1.165, 1.54) is 16.1 Å². The molecule has 2 aromatic carbocycles. The number of ether oxygens (including phenoxy) is 1. The minimum Gasteiger partial charge on any atom is -0.443 e. The maximum absolute atomic E-state index is 12.8. The molecule has 156 valence electrons. The monoisotopic (exact) mass is 466 g/mol. The molecule has 1 amide bonds. The van der Waals surface area contributed by atoms with Crippen LogP contribution < -0.4 is 16.2 Å². The lowest BCUT2D eigenvalue weighted by atomic mass is 10.2. The average Bonchev–Trinajstić information content (AvgIpc) is 3.02. The Morgan fingerprint density at radius 2 is 1.63 bits per heavy atom. The fourth-order valence-electron chi connectivity index (χ4n) is 2.39. The third-order valence-corrected chi connectivity index (χ3v) is 5.40. The molecule has 1 aromatic heterocycles. The number of carbonyl (C=O) groups excluding carboxylic acids is 2. The number of halogens is 2. The van der Waals surface area contributed by atoms with Crippen molar-refractivity contribution in [3.05, 3.63) is 85.0 Å². The van der Waals surface area contributed by atoms with Crippen molar-refractivity contribution in [3.8, 4) is 0 Å². The lowest BCUT2D eigenvalue weighted by Crippen LogP contribution is -2.32. The maximum Gasteiger partial charge on any atom is 0.342 e. The third kappa shape index (κ3) is 5.45. The lowest BCUT2D eigenvalue weighted by molar-refractivity contribution is -0.145. The fourth-order valence-corrected chi connectivity index (χ4v) is 3.58. The molecule has 3 rings (SSSR count). The largest absolute Gasteiger partial charge is 0.443 e. The second-order valence-corrected chi connectivity index (χ2v) is 7.88. The van der Waals surface area contributed by atoms with Gasteiger partial charge in [-0.15, -0.1) is 0 Å². The van der Waals surface area contributed by atoms with Gasteiger partial charge in [-0.25, -0.2) is 13.3 Å². The number of esters is 1. The Morgan fingerprint density at radius 1 is 1.03 bits per heavy atom. The van der Waals surface area contributed by atoms with E-state index >= 15 is 0 Å². The quantitative estimate of drug-likeness (QED) is 0.560. The molecule has 8 nitrogen and oxygen atoms in total. The van der Waals surface area contributed by atoms with Gasteiger partial charge in [0.05, 0.1) is 13.1 Å². The summed E-state index contributed by atoms with van der Waals surface area (Å²) < 4.78 is 7.46. The van der Waals surface area contributed by atoms with Gasteiger partial charge in [-0.2, -0.15) is 4.99 Å². The molecule has 0 atom stereocenters. The van der Waals surface area contributed by atoms with Crippen molar-refractivity contribution in [1.29, 1.82) is 0 Å². The molecule has 0 radical (unpaired) electrons. The standard InChI is InChI=1S/C19H16Cl2N4O4S/c20-14-5-1-12(2-6-14)10-25-19(28)24(11-29-16(26)9-22)18(30-25)23-17(27)13-3-7-15(21)8-4-13/h1-8H,9-11,22H2. The molecule has 11 heteroatoms. The number of rotatable bonds is 6. The Bertz CT molecular complexity index is 1180. The number of hydrogen-bond acceptors (Lipinski definition) is 6. The zero-order valence-corrected chi connectivity index (χ0v) is 17.8. The van der Waals surface area contributed by atoms with Gasteiger partial charge in [0.2, 0.25) is 4.80 Å². The SMILES string of the molecule is NCC(=O)OCn1c(=NC(=O)c2ccc(Cl)cc2)sn(Cc2ccc(Cl)cc2)c1=O. The van der Waals surface area contributed by atoms with Crippen molar-refractivity contribution in [2.75, 3.05) is 6.54 Å². The zero-order valence-electron chi connectivity index (χ0n) is 15.5. The minimum atomic E-state index is -0.688. The summed E-state index contributed by atoms with van der Waals surface area (Å²) >= 11 is 12.7. The molecule has 0 unspecified atom stereocenters. The van der Waals surface area contributed by atoms with E-state index in [1.807, 2.05) is 0 Å². The molecule has 0 aliphatic rings. The predicted octanol–water partition coefficient (Wildman–Crippen LogP) is 2.27. The van der Waals surface area contributed by atoms with E-state index < -0.39 is 24.3 Å². The predicted molar refractivity (Wildman–Crippen MR) is 114 cm³/mol. The van der Waals surface area contributed by atoms with E-state index in [-0.39, 0.29) is 17.9 Å². The first kappa shape index (κ1) is 22.0. The van der Waals surface area contributed by atoms with Crippen molar-refractivity contribution in [3.63, 3.8) is 0 Å². The molecular weight excluding hydrogens is 451 g/mol. The average molecular weight is 467 g/mol. The van der Waals surface area contributed by atoms with Gasteiger partial charge in [-0.05, 0) is 53.5 Å². The summed E-state index contributed by atoms with van der Waals surface area (Å²) in [6.07, 6.45) is 0. The number of amides is 1. The number of benzene rings is 2. The van der Waals surface area contributed by atoms with Gasteiger partial charge in [-0.1, -0.05) is 35.3 Å². The van der Waals surface area contributed by atoms with Crippen molar-refractivity contribution >= 4 is 46.6 Å². The van der Waals surface area contributed by atoms with E-state index in [2.05, 4.69) is 4.99 Å². The first-order valence-electron chi connectivity index (χ1n) is 8.63. The van der Waals surface area contributed by atoms with Crippen LogP contribution in [0.5, 0.6) is 0 Å². The molecule has 2 N–H and O–H groups in total. The number of hydrogen-bond donors (Lipinski definition) is 1. The number of nitrogens with zero attached hydrogens (tertiary/aromatic N) is 3. The van der Waals surface area contributed by atoms with Crippen molar-refractivity contribution in [2.24, 2.45) is 10.7 Å². The van der Waals surface area contributed by atoms with Gasteiger partial charge < -0.3 is 10.5 Å². The van der Waals surface area contributed by atoms with E-state index in [9.17, 15) is 14.4 Å². The minimum absolute atomic E-state index is 0.0822. The molecule has 30 heavy (non-hydrogen) atoms. The molecule has 0 saturated heterocycles. The molecule has 0 spiro atoms. The van der Waals surface area contributed by atoms with Crippen LogP contribution in [0.1, 0.15) is 15.9 Å². The Balaban J connectivity index is 1.99. The summed E-state index contributed by atoms with van der Waals surface area (Å²) in [5.74, 6) is -1.25. The second kappa shape index (κ2) is 9.86. The summed E-state index contributed by atoms with van der Waals surface area (Å²) in [6, 6.07) is 13.2. The van der Waals surface area contributed by atoms with Crippen LogP contribution in [0.2, 0.25) is 10.0 Å². The van der Waals surface area contributed by atoms with Gasteiger partial charge in [-0.3, -0.25) is 9.59 Å². The third-order valence-electron chi connectivity index (χ3n) is 3.92. The van der Waals surface area contributed by atoms with Crippen LogP contribution in [0.15, 0.2) is 58.3 Å². The van der Waals surface area contributed by atoms with Crippen LogP contribution in [0.3, 0.4) is 0 Å². The highest BCUT2D eigenvalue weighted by Gasteiger charge is 2.13. The first-order chi connectivity index (χ1) is 14.4. The summed E-state index contributed by atoms with van der Waals surface area (Å²) in [7, 11) is 0. The van der Waals surface area contributed by atoms with Crippen molar-refractivity contribution in [1.82, 2.24) is 8.52 Å². The molecule has 0 aliphatic carbocycles. The Morgan fingerprint density at radius 3 is 2.23 bits per heavy atom. The highest BCUT2D eigenvalue weighted by atomic mass is 35.5. The Labute approximate surface area is 184 Å². The first-order valence-corrected chi connectivity index (χ1v) is 10.2. The van der Waals surface area contributed by atoms with Gasteiger partial charge in [0.1, 0.15) is 0 Å². The molecule has 0 saturated carbocycles. The van der Waals surface area contributed by atoms with Gasteiger partial charge in [0, 0.05) is 15.6 Å². The smallest absolute Gasteiger partial charge is 0.342 e. The van der Waals surface area contributed by atoms with Gasteiger partial charge in [0.25, 0.3) is 5.91 Å². The number of aromatic nitrogens is 2. The Hall–Kier alpha value is -2.72. The van der Waals surface area contributed by atoms with Crippen LogP contribution in [-0.2, 0) is 22.8 Å². The van der Waals surface area contributed by atoms with Crippen LogP contribution in [0.25, 0.3) is 0 Å². The van der Waals surface area contributed by atoms with Crippen LogP contribution in [0, 0.1) is 0 Å². The Kier molecular flexibility index (Phi) is 7.22. The molecule has 3 aromatic rings. The lowest BCUT2D eigenvalue weighted by Gasteiger charge is -2.03. The van der Waals surface area contributed by atoms with Crippen LogP contribution in [0.4, 0.5) is 0 Å². The van der Waals surface area contributed by atoms with Crippen molar-refractivity contribution in [2.45, 2.75) is 13.3 Å². The topological polar surface area (TPSA) is 109 Å². The van der Waals surface area contributed by atoms with Crippen LogP contribution >= 0.6 is 34.7 Å². The van der Waals surface area contributed by atoms with Gasteiger partial charge in [0.15, 0.2) is 6.73 Å². The highest BCUT2D eigenvalue weighted by Crippen LogP contribution is 2.11. The maximum atomic E-state index is 12.8. The van der Waals surface area contributed by atoms with Gasteiger partial charge >= 0.3 is 11.7 Å². The molecular formula is C19H16Cl2N4O4S. The summed E-state index contributed by atoms with van der Waals surface area (Å²) in [4.78, 5) is 40.9. The van der Waals surface area contributed by atoms with E-state index in [1.54, 1.807) is 36.4 Å². The van der Waals surface area contributed by atoms with E-state index in [0.29, 0.717) is 15.6 Å². The highest BCUT2D eigenvalue weighted by molar-refractivity contribution is 7.03. The summed E-state index contributed by atoms with van der Waals surface area (Å²) in [5, 5.41) is 1.05. The molecule has 0 aliphatic heterocycles. The summed E-state index contributed by atoms with van der Waals surface area (Å²) in [6.45, 7) is -0.512. The van der Waals surface area contributed by atoms with Crippen LogP contribution in [-0.4, -0.2) is 26.9 Å². The summed E-state index contributed by atoms with van der Waals surface area (Å²) in [5.41, 5.74) is 5.88. The number of carbonyl (C=O) groups is 2.